The summed E-state index contributed by atoms with van der Waals surface area (Å²) in [6.07, 6.45) is 0. The first-order chi connectivity index (χ1) is 8.36. The Morgan fingerprint density at radius 3 is 1.83 bits per heavy atom. The number of hydrogen-bond donors (Lipinski definition) is 0. The molecule has 0 aliphatic heterocycles. The summed E-state index contributed by atoms with van der Waals surface area (Å²) < 4.78 is 0. The molecule has 0 heterocycles. The summed E-state index contributed by atoms with van der Waals surface area (Å²) in [5, 5.41) is 5.39. The van der Waals surface area contributed by atoms with Crippen LogP contribution >= 0.6 is 0 Å². The van der Waals surface area contributed by atoms with E-state index >= 15 is 0 Å². The molecule has 0 N–H and O–H groups in total. The number of fused-ring (bicyclic) bond motifs is 3. The molecular weight excluding hydrogens is 293 g/mol. The van der Waals surface area contributed by atoms with Crippen LogP contribution in [-0.2, 0) is 32.7 Å². The maximum atomic E-state index is 2.26. The van der Waals surface area contributed by atoms with E-state index in [2.05, 4.69) is 61.5 Å². The van der Waals surface area contributed by atoms with Crippen LogP contribution in [0.3, 0.4) is 0 Å². The molecule has 0 atom stereocenters. The molecule has 0 fully saturated rings. The zero-order valence-corrected chi connectivity index (χ0v) is 14.1. The van der Waals surface area contributed by atoms with E-state index in [-0.39, 0.29) is 32.7 Å². The van der Waals surface area contributed by atoms with Gasteiger partial charge >= 0.3 is 0 Å². The van der Waals surface area contributed by atoms with Crippen molar-refractivity contribution >= 4 is 21.5 Å². The van der Waals surface area contributed by atoms with Gasteiger partial charge in [0.1, 0.15) is 0 Å². The van der Waals surface area contributed by atoms with Crippen LogP contribution in [0.15, 0.2) is 54.6 Å². The second kappa shape index (κ2) is 7.02. The van der Waals surface area contributed by atoms with Gasteiger partial charge in [-0.1, -0.05) is 68.4 Å². The molecular formula is C17H18Y. The van der Waals surface area contributed by atoms with Crippen LogP contribution in [0.4, 0.5) is 0 Å². The van der Waals surface area contributed by atoms with Crippen molar-refractivity contribution in [3.8, 4) is 0 Å². The van der Waals surface area contributed by atoms with Crippen LogP contribution in [0.5, 0.6) is 0 Å². The van der Waals surface area contributed by atoms with Gasteiger partial charge in [0.2, 0.25) is 0 Å². The van der Waals surface area contributed by atoms with Crippen LogP contribution in [0.2, 0.25) is 0 Å². The maximum Gasteiger partial charge on any atom is 0 e. The molecule has 89 valence electrons. The smallest absolute Gasteiger partial charge is 0 e. The Morgan fingerprint density at radius 1 is 0.667 bits per heavy atom. The van der Waals surface area contributed by atoms with E-state index in [9.17, 15) is 0 Å². The van der Waals surface area contributed by atoms with Crippen molar-refractivity contribution in [3.63, 3.8) is 0 Å². The zero-order valence-electron chi connectivity index (χ0n) is 11.3. The van der Waals surface area contributed by atoms with Gasteiger partial charge < -0.3 is 0 Å². The predicted octanol–water partition coefficient (Wildman–Crippen LogP) is 5.33. The topological polar surface area (TPSA) is 0 Å². The molecule has 0 bridgehead atoms. The van der Waals surface area contributed by atoms with E-state index in [0.717, 1.165) is 0 Å². The third-order valence-corrected chi connectivity index (χ3v) is 2.97. The SMILES string of the molecule is CC.Cc1cc2ccccc2c2ccccc12.[Y]. The summed E-state index contributed by atoms with van der Waals surface area (Å²) in [7, 11) is 0. The molecule has 0 saturated carbocycles. The van der Waals surface area contributed by atoms with Gasteiger partial charge in [0.25, 0.3) is 0 Å². The fourth-order valence-corrected chi connectivity index (χ4v) is 2.24. The molecule has 0 spiro atoms. The van der Waals surface area contributed by atoms with Crippen LogP contribution in [0.25, 0.3) is 21.5 Å². The Bertz CT molecular complexity index is 641. The minimum Gasteiger partial charge on any atom is -0.0683 e. The van der Waals surface area contributed by atoms with E-state index in [0.29, 0.717) is 0 Å². The summed E-state index contributed by atoms with van der Waals surface area (Å²) in [5.41, 5.74) is 1.35. The number of aryl methyl sites for hydroxylation is 1. The molecule has 1 heteroatoms. The van der Waals surface area contributed by atoms with Gasteiger partial charge in [0, 0.05) is 32.7 Å². The predicted molar refractivity (Wildman–Crippen MR) is 77.5 cm³/mol. The van der Waals surface area contributed by atoms with Gasteiger partial charge in [0.05, 0.1) is 0 Å². The summed E-state index contributed by atoms with van der Waals surface area (Å²) in [6.45, 7) is 6.18. The molecule has 0 saturated heterocycles. The van der Waals surface area contributed by atoms with Gasteiger partial charge in [0.15, 0.2) is 0 Å². The van der Waals surface area contributed by atoms with E-state index in [1.165, 1.54) is 27.1 Å². The number of benzene rings is 3. The van der Waals surface area contributed by atoms with Gasteiger partial charge in [-0.2, -0.15) is 0 Å². The largest absolute Gasteiger partial charge is 0.0683 e. The Morgan fingerprint density at radius 2 is 1.17 bits per heavy atom. The molecule has 0 nitrogen and oxygen atoms in total. The minimum atomic E-state index is 0. The van der Waals surface area contributed by atoms with Crippen molar-refractivity contribution in [3.05, 3.63) is 60.2 Å². The zero-order chi connectivity index (χ0) is 12.3. The summed E-state index contributed by atoms with van der Waals surface area (Å²) in [5.74, 6) is 0. The van der Waals surface area contributed by atoms with E-state index in [1.54, 1.807) is 0 Å². The molecule has 0 unspecified atom stereocenters. The van der Waals surface area contributed by atoms with Gasteiger partial charge in [-0.05, 0) is 34.0 Å². The van der Waals surface area contributed by atoms with Crippen molar-refractivity contribution in [2.24, 2.45) is 0 Å². The van der Waals surface area contributed by atoms with E-state index in [1.807, 2.05) is 13.8 Å². The maximum absolute atomic E-state index is 2.26. The molecule has 0 amide bonds. The van der Waals surface area contributed by atoms with E-state index < -0.39 is 0 Å². The second-order valence-corrected chi connectivity index (χ2v) is 3.96. The molecule has 18 heavy (non-hydrogen) atoms. The first kappa shape index (κ1) is 15.3. The second-order valence-electron chi connectivity index (χ2n) is 3.96. The van der Waals surface area contributed by atoms with Gasteiger partial charge in [-0.25, -0.2) is 0 Å². The van der Waals surface area contributed by atoms with Crippen molar-refractivity contribution in [2.75, 3.05) is 0 Å². The van der Waals surface area contributed by atoms with Gasteiger partial charge in [-0.3, -0.25) is 0 Å². The summed E-state index contributed by atoms with van der Waals surface area (Å²) in [4.78, 5) is 0. The normalized spacial score (nSPS) is 9.50. The summed E-state index contributed by atoms with van der Waals surface area (Å²) in [6, 6.07) is 19.4. The number of rotatable bonds is 0. The Balaban J connectivity index is 0.000000516. The molecule has 0 aromatic heterocycles. The molecule has 0 aliphatic rings. The monoisotopic (exact) mass is 311 g/mol. The molecule has 0 aliphatic carbocycles. The summed E-state index contributed by atoms with van der Waals surface area (Å²) >= 11 is 0. The van der Waals surface area contributed by atoms with Crippen LogP contribution < -0.4 is 0 Å². The molecule has 3 rings (SSSR count). The van der Waals surface area contributed by atoms with E-state index in [4.69, 9.17) is 0 Å². The first-order valence-corrected chi connectivity index (χ1v) is 6.23. The van der Waals surface area contributed by atoms with Crippen molar-refractivity contribution in [1.29, 1.82) is 0 Å². The third kappa shape index (κ3) is 2.81. The fraction of sp³-hybridized carbons (Fsp3) is 0.176. The number of hydrogen-bond acceptors (Lipinski definition) is 0. The third-order valence-electron chi connectivity index (χ3n) is 2.97. The first-order valence-electron chi connectivity index (χ1n) is 6.23. The van der Waals surface area contributed by atoms with Crippen LogP contribution in [0.1, 0.15) is 19.4 Å². The van der Waals surface area contributed by atoms with Gasteiger partial charge in [-0.15, -0.1) is 0 Å². The van der Waals surface area contributed by atoms with Crippen LogP contribution in [-0.4, -0.2) is 0 Å². The molecule has 3 aromatic rings. The fourth-order valence-electron chi connectivity index (χ4n) is 2.24. The van der Waals surface area contributed by atoms with Crippen LogP contribution in [0, 0.1) is 6.92 Å². The molecule has 3 aromatic carbocycles. The van der Waals surface area contributed by atoms with Crippen molar-refractivity contribution in [2.45, 2.75) is 20.8 Å². The Kier molecular flexibility index (Phi) is 5.98. The average molecular weight is 311 g/mol. The van der Waals surface area contributed by atoms with Crippen molar-refractivity contribution in [1.82, 2.24) is 0 Å². The Labute approximate surface area is 134 Å². The Hall–Kier alpha value is -0.716. The van der Waals surface area contributed by atoms with Crippen molar-refractivity contribution < 1.29 is 32.7 Å². The molecule has 1 radical (unpaired) electrons. The quantitative estimate of drug-likeness (QED) is 0.493. The average Bonchev–Trinajstić information content (AvgIpc) is 2.42. The standard InChI is InChI=1S/C15H12.C2H6.Y/c1-11-10-12-6-2-3-8-14(12)15-9-5-4-7-13(11)15;1-2;/h2-10H,1H3;1-2H3;. The minimum absolute atomic E-state index is 0.